The van der Waals surface area contributed by atoms with Gasteiger partial charge in [0.25, 0.3) is 0 Å². The van der Waals surface area contributed by atoms with E-state index in [4.69, 9.17) is 15.0 Å². The minimum absolute atomic E-state index is 0.545. The number of aromatic nitrogens is 3. The summed E-state index contributed by atoms with van der Waals surface area (Å²) < 4.78 is 2.60. The number of rotatable bonds is 7. The summed E-state index contributed by atoms with van der Waals surface area (Å²) in [7, 11) is 0. The van der Waals surface area contributed by atoms with Gasteiger partial charge in [0.05, 0.1) is 5.41 Å². The number of fused-ring (bicyclic) bond motifs is 6. The summed E-state index contributed by atoms with van der Waals surface area (Å²) in [6.07, 6.45) is 0. The Morgan fingerprint density at radius 2 is 0.742 bits per heavy atom. The molecule has 0 bridgehead atoms. The topological polar surface area (TPSA) is 38.7 Å². The van der Waals surface area contributed by atoms with E-state index in [0.29, 0.717) is 17.5 Å². The lowest BCUT2D eigenvalue weighted by atomic mass is 9.67. The molecule has 0 radical (unpaired) electrons. The third kappa shape index (κ3) is 5.91. The lowest BCUT2D eigenvalue weighted by Gasteiger charge is -2.34. The SMILES string of the molecule is c1ccc(-c2ccc(-c3nc(-c4ccc(C5(c6ccc7sc8ccccc8c7c6)c6ccccc6-c6ccccc65)cc4)nc(-c4cccc(-c5ccccc5)c4)n3)cc2)cc1. The van der Waals surface area contributed by atoms with Gasteiger partial charge in [-0.2, -0.15) is 0 Å². The highest BCUT2D eigenvalue weighted by atomic mass is 32.1. The molecule has 0 N–H and O–H groups in total. The Hall–Kier alpha value is -7.79. The standard InChI is InChI=1S/C58H37N3S/c1-3-14-38(15-4-1)40-26-28-41(29-27-40)55-59-56(61-57(60-55)44-19-13-18-43(36-44)39-16-5-2-6-17-39)42-30-32-45(33-31-42)58(51-23-10-7-20-47(51)48-21-8-11-24-52(48)58)46-34-35-54-50(37-46)49-22-9-12-25-53(49)62-54/h1-37H. The van der Waals surface area contributed by atoms with Crippen molar-refractivity contribution in [3.63, 3.8) is 0 Å². The second-order valence-electron chi connectivity index (χ2n) is 15.9. The van der Waals surface area contributed by atoms with E-state index in [0.717, 1.165) is 33.4 Å². The highest BCUT2D eigenvalue weighted by molar-refractivity contribution is 7.25. The lowest BCUT2D eigenvalue weighted by Crippen LogP contribution is -2.28. The second kappa shape index (κ2) is 14.7. The van der Waals surface area contributed by atoms with Crippen LogP contribution in [0.3, 0.4) is 0 Å². The third-order valence-electron chi connectivity index (χ3n) is 12.5. The van der Waals surface area contributed by atoms with Crippen molar-refractivity contribution in [1.82, 2.24) is 15.0 Å². The summed E-state index contributed by atoms with van der Waals surface area (Å²) in [5, 5.41) is 2.59. The van der Waals surface area contributed by atoms with E-state index < -0.39 is 5.41 Å². The van der Waals surface area contributed by atoms with Gasteiger partial charge in [-0.05, 0) is 79.9 Å². The number of nitrogens with zero attached hydrogens (tertiary/aromatic N) is 3. The van der Waals surface area contributed by atoms with Crippen molar-refractivity contribution in [2.24, 2.45) is 0 Å². The Kier molecular flexibility index (Phi) is 8.58. The highest BCUT2D eigenvalue weighted by Crippen LogP contribution is 2.56. The first-order chi connectivity index (χ1) is 30.7. The van der Waals surface area contributed by atoms with Crippen molar-refractivity contribution in [3.05, 3.63) is 247 Å². The molecule has 1 aliphatic carbocycles. The predicted molar refractivity (Wildman–Crippen MR) is 257 cm³/mol. The van der Waals surface area contributed by atoms with Gasteiger partial charge in [-0.3, -0.25) is 0 Å². The summed E-state index contributed by atoms with van der Waals surface area (Å²) in [6.45, 7) is 0. The first-order valence-corrected chi connectivity index (χ1v) is 21.8. The average molecular weight is 808 g/mol. The van der Waals surface area contributed by atoms with Crippen LogP contribution in [0.1, 0.15) is 22.3 Å². The molecule has 4 heteroatoms. The first-order valence-electron chi connectivity index (χ1n) is 21.0. The van der Waals surface area contributed by atoms with Crippen LogP contribution in [0.5, 0.6) is 0 Å². The maximum Gasteiger partial charge on any atom is 0.164 e. The van der Waals surface area contributed by atoms with Crippen LogP contribution in [0.25, 0.3) is 87.7 Å². The van der Waals surface area contributed by atoms with Crippen LogP contribution in [-0.2, 0) is 5.41 Å². The van der Waals surface area contributed by atoms with Crippen LogP contribution in [0.15, 0.2) is 224 Å². The van der Waals surface area contributed by atoms with Gasteiger partial charge in [0.1, 0.15) is 0 Å². The van der Waals surface area contributed by atoms with E-state index in [2.05, 4.69) is 212 Å². The summed E-state index contributed by atoms with van der Waals surface area (Å²) in [4.78, 5) is 15.5. The summed E-state index contributed by atoms with van der Waals surface area (Å²) >= 11 is 1.86. The lowest BCUT2D eigenvalue weighted by molar-refractivity contribution is 0.770. The fraction of sp³-hybridized carbons (Fsp3) is 0.0172. The van der Waals surface area contributed by atoms with Gasteiger partial charge in [0.15, 0.2) is 17.5 Å². The molecule has 0 saturated carbocycles. The molecule has 0 saturated heterocycles. The summed E-state index contributed by atoms with van der Waals surface area (Å²) in [6, 6.07) is 80.6. The first kappa shape index (κ1) is 36.1. The largest absolute Gasteiger partial charge is 0.208 e. The van der Waals surface area contributed by atoms with Gasteiger partial charge >= 0.3 is 0 Å². The normalized spacial score (nSPS) is 12.6. The molecular weight excluding hydrogens is 771 g/mol. The van der Waals surface area contributed by atoms with Gasteiger partial charge in [0, 0.05) is 36.9 Å². The molecule has 0 atom stereocenters. The number of thiophene rings is 1. The van der Waals surface area contributed by atoms with Crippen molar-refractivity contribution in [3.8, 4) is 67.5 Å². The molecule has 2 aromatic heterocycles. The quantitative estimate of drug-likeness (QED) is 0.161. The molecule has 62 heavy (non-hydrogen) atoms. The van der Waals surface area contributed by atoms with Crippen LogP contribution >= 0.6 is 11.3 Å². The van der Waals surface area contributed by atoms with E-state index in [1.807, 2.05) is 23.5 Å². The van der Waals surface area contributed by atoms with Crippen LogP contribution in [-0.4, -0.2) is 15.0 Å². The summed E-state index contributed by atoms with van der Waals surface area (Å²) in [5.41, 5.74) is 14.4. The molecule has 11 aromatic rings. The fourth-order valence-corrected chi connectivity index (χ4v) is 10.6. The molecule has 0 amide bonds. The molecule has 2 heterocycles. The van der Waals surface area contributed by atoms with E-state index in [1.54, 1.807) is 0 Å². The van der Waals surface area contributed by atoms with Crippen molar-refractivity contribution in [2.45, 2.75) is 5.41 Å². The van der Waals surface area contributed by atoms with E-state index in [9.17, 15) is 0 Å². The molecule has 0 unspecified atom stereocenters. The molecule has 0 aliphatic heterocycles. The Morgan fingerprint density at radius 3 is 1.40 bits per heavy atom. The van der Waals surface area contributed by atoms with Gasteiger partial charge in [0.2, 0.25) is 0 Å². The van der Waals surface area contributed by atoms with Crippen molar-refractivity contribution in [2.75, 3.05) is 0 Å². The van der Waals surface area contributed by atoms with E-state index in [-0.39, 0.29) is 0 Å². The molecule has 12 rings (SSSR count). The van der Waals surface area contributed by atoms with E-state index >= 15 is 0 Å². The van der Waals surface area contributed by atoms with Crippen LogP contribution in [0, 0.1) is 0 Å². The average Bonchev–Trinajstić information content (AvgIpc) is 3.88. The molecule has 0 spiro atoms. The minimum Gasteiger partial charge on any atom is -0.208 e. The predicted octanol–water partition coefficient (Wildman–Crippen LogP) is 14.9. The zero-order chi connectivity index (χ0) is 41.0. The molecule has 1 aliphatic rings. The number of benzene rings is 9. The molecule has 290 valence electrons. The van der Waals surface area contributed by atoms with Gasteiger partial charge in [-0.25, -0.2) is 15.0 Å². The maximum atomic E-state index is 5.21. The van der Waals surface area contributed by atoms with Gasteiger partial charge in [-0.1, -0.05) is 200 Å². The highest BCUT2D eigenvalue weighted by Gasteiger charge is 2.46. The van der Waals surface area contributed by atoms with Gasteiger partial charge in [-0.15, -0.1) is 11.3 Å². The van der Waals surface area contributed by atoms with Crippen LogP contribution < -0.4 is 0 Å². The number of hydrogen-bond donors (Lipinski definition) is 0. The molecule has 9 aromatic carbocycles. The molecular formula is C58H37N3S. The maximum absolute atomic E-state index is 5.21. The Balaban J connectivity index is 1.02. The van der Waals surface area contributed by atoms with Crippen LogP contribution in [0.4, 0.5) is 0 Å². The Bertz CT molecular complexity index is 3400. The third-order valence-corrected chi connectivity index (χ3v) is 13.6. The Morgan fingerprint density at radius 1 is 0.290 bits per heavy atom. The molecule has 3 nitrogen and oxygen atoms in total. The minimum atomic E-state index is -0.545. The number of hydrogen-bond acceptors (Lipinski definition) is 4. The van der Waals surface area contributed by atoms with Crippen LogP contribution in [0.2, 0.25) is 0 Å². The van der Waals surface area contributed by atoms with Crippen molar-refractivity contribution >= 4 is 31.5 Å². The van der Waals surface area contributed by atoms with E-state index in [1.165, 1.54) is 59.1 Å². The zero-order valence-electron chi connectivity index (χ0n) is 33.6. The smallest absolute Gasteiger partial charge is 0.164 e. The Labute approximate surface area is 364 Å². The molecule has 0 fully saturated rings. The monoisotopic (exact) mass is 807 g/mol. The zero-order valence-corrected chi connectivity index (χ0v) is 34.4. The summed E-state index contributed by atoms with van der Waals surface area (Å²) in [5.74, 6) is 1.89. The van der Waals surface area contributed by atoms with Gasteiger partial charge < -0.3 is 0 Å². The van der Waals surface area contributed by atoms with Crippen molar-refractivity contribution in [1.29, 1.82) is 0 Å². The second-order valence-corrected chi connectivity index (χ2v) is 17.0. The van der Waals surface area contributed by atoms with Crippen molar-refractivity contribution < 1.29 is 0 Å². The fourth-order valence-electron chi connectivity index (χ4n) is 9.53.